The van der Waals surface area contributed by atoms with Gasteiger partial charge in [-0.25, -0.2) is 0 Å². The molecule has 0 aromatic rings. The van der Waals surface area contributed by atoms with Crippen molar-refractivity contribution in [3.8, 4) is 0 Å². The zero-order valence-corrected chi connectivity index (χ0v) is 47.2. The Morgan fingerprint density at radius 1 is 0.455 bits per heavy atom. The summed E-state index contributed by atoms with van der Waals surface area (Å²) in [6.07, 6.45) is 14.3. The first-order chi connectivity index (χ1) is 37.3. The van der Waals surface area contributed by atoms with E-state index in [1.165, 1.54) is 122 Å². The number of aliphatic hydroxyl groups excluding tert-OH is 11. The molecule has 19 nitrogen and oxygen atoms in total. The SMILES string of the molecule is CCCCCCC/C=C\CCCCCCCC(=O)NC(COC1OC(CO)C(OC2OC(CO)C(OC3OC(CO)C(O)C(O)C3O)C(O)C2O)C(O)C1O)C(O)CCCCCCCCCCCCCCCCCCCC. The summed E-state index contributed by atoms with van der Waals surface area (Å²) in [6.45, 7) is 1.78. The standard InChI is InChI=1S/C58H109NO18/c1-3-5-7-9-11-13-15-17-19-20-21-22-23-25-27-29-31-33-35-42(63)41(59-46(64)36-34-32-30-28-26-24-18-16-14-12-10-8-6-4-2)40-72-56-52(70)49(67)54(44(38-61)74-56)77-58-53(71)50(68)55(45(39-62)75-58)76-57-51(69)48(66)47(65)43(37-60)73-57/h16,18,41-45,47-58,60-63,65-71H,3-15,17,19-40H2,1-2H3,(H,59,64)/b18-16-. The number of allylic oxidation sites excluding steroid dienone is 2. The zero-order valence-electron chi connectivity index (χ0n) is 47.2. The first-order valence-electron chi connectivity index (χ1n) is 30.4. The molecule has 0 radical (unpaired) electrons. The fourth-order valence-electron chi connectivity index (χ4n) is 10.5. The summed E-state index contributed by atoms with van der Waals surface area (Å²) in [6, 6.07) is -0.887. The third-order valence-corrected chi connectivity index (χ3v) is 15.6. The molecule has 0 aliphatic carbocycles. The number of carbonyl (C=O) groups is 1. The summed E-state index contributed by atoms with van der Waals surface area (Å²) in [5, 5.41) is 120. The molecule has 3 heterocycles. The van der Waals surface area contributed by atoms with Crippen LogP contribution in [0.2, 0.25) is 0 Å². The lowest BCUT2D eigenvalue weighted by molar-refractivity contribution is -0.379. The molecule has 3 fully saturated rings. The molecule has 3 aliphatic rings. The van der Waals surface area contributed by atoms with E-state index in [0.29, 0.717) is 12.8 Å². The quantitative estimate of drug-likeness (QED) is 0.0269. The van der Waals surface area contributed by atoms with E-state index in [2.05, 4.69) is 31.3 Å². The van der Waals surface area contributed by atoms with E-state index in [9.17, 15) is 61.0 Å². The number of amides is 1. The van der Waals surface area contributed by atoms with Crippen molar-refractivity contribution in [3.05, 3.63) is 12.2 Å². The fourth-order valence-corrected chi connectivity index (χ4v) is 10.5. The Hall–Kier alpha value is -1.47. The Bertz CT molecular complexity index is 1460. The molecule has 3 rings (SSSR count). The largest absolute Gasteiger partial charge is 0.394 e. The van der Waals surface area contributed by atoms with Crippen LogP contribution in [-0.2, 0) is 33.2 Å². The van der Waals surface area contributed by atoms with Crippen molar-refractivity contribution >= 4 is 5.91 Å². The molecular formula is C58H109NO18. The van der Waals surface area contributed by atoms with Gasteiger partial charge in [0.2, 0.25) is 5.91 Å². The maximum atomic E-state index is 13.3. The molecule has 3 saturated heterocycles. The molecule has 0 aromatic carbocycles. The number of hydrogen-bond acceptors (Lipinski definition) is 18. The number of carbonyl (C=O) groups excluding carboxylic acids is 1. The maximum absolute atomic E-state index is 13.3. The average Bonchev–Trinajstić information content (AvgIpc) is 3.42. The highest BCUT2D eigenvalue weighted by Crippen LogP contribution is 2.33. The topological polar surface area (TPSA) is 307 Å². The van der Waals surface area contributed by atoms with Gasteiger partial charge >= 0.3 is 0 Å². The van der Waals surface area contributed by atoms with Crippen molar-refractivity contribution in [1.29, 1.82) is 0 Å². The van der Waals surface area contributed by atoms with Gasteiger partial charge in [0.1, 0.15) is 73.2 Å². The van der Waals surface area contributed by atoms with Crippen molar-refractivity contribution in [2.45, 2.75) is 324 Å². The summed E-state index contributed by atoms with van der Waals surface area (Å²) < 4.78 is 34.3. The van der Waals surface area contributed by atoms with Crippen molar-refractivity contribution in [2.75, 3.05) is 26.4 Å². The third-order valence-electron chi connectivity index (χ3n) is 15.6. The minimum absolute atomic E-state index is 0.251. The summed E-state index contributed by atoms with van der Waals surface area (Å²) in [7, 11) is 0. The number of unbranched alkanes of at least 4 members (excludes halogenated alkanes) is 27. The second-order valence-electron chi connectivity index (χ2n) is 22.2. The van der Waals surface area contributed by atoms with Gasteiger partial charge in [0, 0.05) is 6.42 Å². The van der Waals surface area contributed by atoms with Crippen LogP contribution in [0.25, 0.3) is 0 Å². The van der Waals surface area contributed by atoms with Crippen LogP contribution >= 0.6 is 0 Å². The zero-order chi connectivity index (χ0) is 56.2. The summed E-state index contributed by atoms with van der Waals surface area (Å²) >= 11 is 0. The van der Waals surface area contributed by atoms with E-state index < -0.39 is 124 Å². The molecule has 17 unspecified atom stereocenters. The van der Waals surface area contributed by atoms with E-state index in [-0.39, 0.29) is 18.9 Å². The Morgan fingerprint density at radius 2 is 0.818 bits per heavy atom. The highest BCUT2D eigenvalue weighted by Gasteiger charge is 2.53. The van der Waals surface area contributed by atoms with E-state index in [1.54, 1.807) is 0 Å². The molecule has 77 heavy (non-hydrogen) atoms. The van der Waals surface area contributed by atoms with E-state index in [4.69, 9.17) is 28.4 Å². The van der Waals surface area contributed by atoms with Gasteiger partial charge in [-0.2, -0.15) is 0 Å². The molecule has 454 valence electrons. The van der Waals surface area contributed by atoms with Crippen molar-refractivity contribution in [1.82, 2.24) is 5.32 Å². The first kappa shape index (κ1) is 69.8. The lowest BCUT2D eigenvalue weighted by Gasteiger charge is -2.48. The van der Waals surface area contributed by atoms with Gasteiger partial charge in [-0.15, -0.1) is 0 Å². The van der Waals surface area contributed by atoms with Gasteiger partial charge < -0.3 is 89.9 Å². The number of ether oxygens (including phenoxy) is 6. The predicted octanol–water partition coefficient (Wildman–Crippen LogP) is 5.38. The highest BCUT2D eigenvalue weighted by atomic mass is 16.8. The molecule has 17 atom stereocenters. The molecular weight excluding hydrogens is 999 g/mol. The Balaban J connectivity index is 1.49. The number of hydrogen-bond donors (Lipinski definition) is 12. The van der Waals surface area contributed by atoms with Crippen LogP contribution in [0.5, 0.6) is 0 Å². The second kappa shape index (κ2) is 42.4. The smallest absolute Gasteiger partial charge is 0.220 e. The number of rotatable bonds is 45. The Labute approximate surface area is 461 Å². The fraction of sp³-hybridized carbons (Fsp3) is 0.948. The van der Waals surface area contributed by atoms with Crippen LogP contribution in [0.3, 0.4) is 0 Å². The molecule has 0 saturated carbocycles. The van der Waals surface area contributed by atoms with Gasteiger partial charge in [-0.3, -0.25) is 4.79 Å². The highest BCUT2D eigenvalue weighted by molar-refractivity contribution is 5.76. The second-order valence-corrected chi connectivity index (χ2v) is 22.2. The van der Waals surface area contributed by atoms with Gasteiger partial charge in [0.05, 0.1) is 38.6 Å². The predicted molar refractivity (Wildman–Crippen MR) is 291 cm³/mol. The average molecular weight is 1110 g/mol. The lowest BCUT2D eigenvalue weighted by Crippen LogP contribution is -2.66. The van der Waals surface area contributed by atoms with Gasteiger partial charge in [0.15, 0.2) is 18.9 Å². The number of aliphatic hydroxyl groups is 11. The van der Waals surface area contributed by atoms with Crippen LogP contribution < -0.4 is 5.32 Å². The first-order valence-corrected chi connectivity index (χ1v) is 30.4. The van der Waals surface area contributed by atoms with Crippen LogP contribution in [-0.4, -0.2) is 193 Å². The van der Waals surface area contributed by atoms with Crippen LogP contribution in [0, 0.1) is 0 Å². The third kappa shape index (κ3) is 26.5. The maximum Gasteiger partial charge on any atom is 0.220 e. The van der Waals surface area contributed by atoms with E-state index >= 15 is 0 Å². The van der Waals surface area contributed by atoms with E-state index in [0.717, 1.165) is 64.2 Å². The molecule has 12 N–H and O–H groups in total. The summed E-state index contributed by atoms with van der Waals surface area (Å²) in [4.78, 5) is 13.3. The minimum atomic E-state index is -1.97. The van der Waals surface area contributed by atoms with Crippen LogP contribution in [0.15, 0.2) is 12.2 Å². The summed E-state index contributed by atoms with van der Waals surface area (Å²) in [5.41, 5.74) is 0. The Kier molecular flexibility index (Phi) is 38.4. The number of nitrogens with one attached hydrogen (secondary N) is 1. The Morgan fingerprint density at radius 3 is 1.26 bits per heavy atom. The minimum Gasteiger partial charge on any atom is -0.394 e. The molecule has 0 aromatic heterocycles. The van der Waals surface area contributed by atoms with Gasteiger partial charge in [-0.1, -0.05) is 187 Å². The molecule has 3 aliphatic heterocycles. The summed E-state index contributed by atoms with van der Waals surface area (Å²) in [5.74, 6) is -0.251. The van der Waals surface area contributed by atoms with Gasteiger partial charge in [-0.05, 0) is 38.5 Å². The molecule has 19 heteroatoms. The lowest BCUT2D eigenvalue weighted by atomic mass is 9.96. The van der Waals surface area contributed by atoms with Crippen LogP contribution in [0.4, 0.5) is 0 Å². The van der Waals surface area contributed by atoms with E-state index in [1.807, 2.05) is 0 Å². The van der Waals surface area contributed by atoms with Crippen LogP contribution in [0.1, 0.15) is 219 Å². The molecule has 1 amide bonds. The van der Waals surface area contributed by atoms with Gasteiger partial charge in [0.25, 0.3) is 0 Å². The molecule has 0 spiro atoms. The van der Waals surface area contributed by atoms with Crippen molar-refractivity contribution < 1.29 is 89.4 Å². The normalized spacial score (nSPS) is 30.7. The monoisotopic (exact) mass is 1110 g/mol. The molecule has 0 bridgehead atoms. The van der Waals surface area contributed by atoms with Crippen molar-refractivity contribution in [2.24, 2.45) is 0 Å². The van der Waals surface area contributed by atoms with Crippen molar-refractivity contribution in [3.63, 3.8) is 0 Å².